The molecular weight excluding hydrogens is 360 g/mol. The van der Waals surface area contributed by atoms with E-state index in [0.29, 0.717) is 22.1 Å². The number of nitrogens with one attached hydrogen (secondary N) is 2. The second-order valence-corrected chi connectivity index (χ2v) is 6.91. The second kappa shape index (κ2) is 7.25. The van der Waals surface area contributed by atoms with Crippen LogP contribution in [0.3, 0.4) is 0 Å². The van der Waals surface area contributed by atoms with Crippen LogP contribution in [-0.2, 0) is 6.42 Å². The van der Waals surface area contributed by atoms with Crippen molar-refractivity contribution in [2.24, 2.45) is 0 Å². The molecule has 0 unspecified atom stereocenters. The van der Waals surface area contributed by atoms with Gasteiger partial charge in [0.2, 0.25) is 0 Å². The third-order valence-electron chi connectivity index (χ3n) is 3.65. The minimum Gasteiger partial charge on any atom is -0.495 e. The number of urea groups is 1. The van der Waals surface area contributed by atoms with Gasteiger partial charge in [0.25, 0.3) is 0 Å². The number of methoxy groups -OCH3 is 1. The van der Waals surface area contributed by atoms with Crippen LogP contribution in [0, 0.1) is 6.92 Å². The maximum absolute atomic E-state index is 12.3. The van der Waals surface area contributed by atoms with Crippen molar-refractivity contribution in [3.05, 3.63) is 40.0 Å². The van der Waals surface area contributed by atoms with Gasteiger partial charge in [0, 0.05) is 11.3 Å². The number of rotatable bonds is 4. The third kappa shape index (κ3) is 3.67. The van der Waals surface area contributed by atoms with Crippen molar-refractivity contribution in [3.63, 3.8) is 0 Å². The first-order valence-electron chi connectivity index (χ1n) is 7.68. The average molecular weight is 377 g/mol. The summed E-state index contributed by atoms with van der Waals surface area (Å²) in [6.07, 6.45) is 2.41. The lowest BCUT2D eigenvalue weighted by molar-refractivity contribution is 0.262. The Balaban J connectivity index is 1.81. The van der Waals surface area contributed by atoms with Gasteiger partial charge < -0.3 is 15.4 Å². The molecule has 3 rings (SSSR count). The van der Waals surface area contributed by atoms with Crippen LogP contribution < -0.4 is 15.4 Å². The molecule has 2 aromatic heterocycles. The van der Waals surface area contributed by atoms with Gasteiger partial charge in [-0.05, 0) is 31.5 Å². The molecule has 2 heterocycles. The molecule has 0 saturated heterocycles. The Morgan fingerprint density at radius 3 is 2.84 bits per heavy atom. The normalized spacial score (nSPS) is 10.7. The molecule has 130 valence electrons. The first-order valence-corrected chi connectivity index (χ1v) is 8.87. The number of hydrogen-bond acceptors (Lipinski definition) is 5. The first kappa shape index (κ1) is 17.4. The first-order chi connectivity index (χ1) is 12.0. The molecule has 25 heavy (non-hydrogen) atoms. The molecule has 0 saturated carbocycles. The molecule has 8 heteroatoms. The van der Waals surface area contributed by atoms with Crippen molar-refractivity contribution < 1.29 is 9.53 Å². The highest BCUT2D eigenvalue weighted by molar-refractivity contribution is 7.18. The minimum absolute atomic E-state index is 0.371. The van der Waals surface area contributed by atoms with Crippen molar-refractivity contribution >= 4 is 50.7 Å². The number of anilines is 2. The highest BCUT2D eigenvalue weighted by atomic mass is 35.5. The molecule has 0 aliphatic carbocycles. The summed E-state index contributed by atoms with van der Waals surface area (Å²) in [4.78, 5) is 22.1. The lowest BCUT2D eigenvalue weighted by Crippen LogP contribution is -2.20. The quantitative estimate of drug-likeness (QED) is 0.681. The lowest BCUT2D eigenvalue weighted by atomic mass is 10.1. The standard InChI is InChI=1S/C17H17ClN4O2S/c1-4-11-13(8-19-16-15(11)20-9(2)25-16)22-17(23)21-10-5-6-14(24-3)12(18)7-10/h5-8H,4H2,1-3H3,(H2,21,22,23). The SMILES string of the molecule is CCc1c(NC(=O)Nc2ccc(OC)c(Cl)c2)cnc2sc(C)nc12. The van der Waals surface area contributed by atoms with E-state index < -0.39 is 0 Å². The van der Waals surface area contributed by atoms with E-state index in [2.05, 4.69) is 20.6 Å². The number of fused-ring (bicyclic) bond motifs is 1. The topological polar surface area (TPSA) is 76.1 Å². The van der Waals surface area contributed by atoms with Crippen LogP contribution in [0.25, 0.3) is 10.3 Å². The molecule has 0 spiro atoms. The monoisotopic (exact) mass is 376 g/mol. The van der Waals surface area contributed by atoms with E-state index in [1.807, 2.05) is 13.8 Å². The molecule has 2 amide bonds. The molecule has 1 aromatic carbocycles. The van der Waals surface area contributed by atoms with E-state index in [1.54, 1.807) is 24.4 Å². The number of pyridine rings is 1. The van der Waals surface area contributed by atoms with Gasteiger partial charge in [0.1, 0.15) is 16.1 Å². The van der Waals surface area contributed by atoms with Gasteiger partial charge in [-0.3, -0.25) is 0 Å². The molecular formula is C17H17ClN4O2S. The summed E-state index contributed by atoms with van der Waals surface area (Å²) >= 11 is 7.61. The van der Waals surface area contributed by atoms with Crippen LogP contribution >= 0.6 is 22.9 Å². The van der Waals surface area contributed by atoms with Crippen LogP contribution in [-0.4, -0.2) is 23.1 Å². The molecule has 0 fully saturated rings. The van der Waals surface area contributed by atoms with Gasteiger partial charge >= 0.3 is 6.03 Å². The summed E-state index contributed by atoms with van der Waals surface area (Å²) in [5, 5.41) is 6.97. The summed E-state index contributed by atoms with van der Waals surface area (Å²) < 4.78 is 5.10. The smallest absolute Gasteiger partial charge is 0.323 e. The zero-order chi connectivity index (χ0) is 18.0. The van der Waals surface area contributed by atoms with E-state index in [9.17, 15) is 4.79 Å². The van der Waals surface area contributed by atoms with Crippen LogP contribution in [0.5, 0.6) is 5.75 Å². The molecule has 0 radical (unpaired) electrons. The zero-order valence-electron chi connectivity index (χ0n) is 14.0. The fourth-order valence-electron chi connectivity index (χ4n) is 2.52. The average Bonchev–Trinajstić information content (AvgIpc) is 2.95. The van der Waals surface area contributed by atoms with Gasteiger partial charge in [-0.1, -0.05) is 29.9 Å². The summed E-state index contributed by atoms with van der Waals surface area (Å²) in [5.74, 6) is 0.550. The van der Waals surface area contributed by atoms with E-state index in [1.165, 1.54) is 18.4 Å². The van der Waals surface area contributed by atoms with Crippen LogP contribution in [0.4, 0.5) is 16.2 Å². The van der Waals surface area contributed by atoms with E-state index >= 15 is 0 Å². The minimum atomic E-state index is -0.371. The van der Waals surface area contributed by atoms with Crippen molar-refractivity contribution in [3.8, 4) is 5.75 Å². The van der Waals surface area contributed by atoms with E-state index in [4.69, 9.17) is 16.3 Å². The number of carbonyl (C=O) groups excluding carboxylic acids is 1. The summed E-state index contributed by atoms with van der Waals surface area (Å²) in [6, 6.07) is 4.67. The maximum Gasteiger partial charge on any atom is 0.323 e. The summed E-state index contributed by atoms with van der Waals surface area (Å²) in [6.45, 7) is 3.97. The zero-order valence-corrected chi connectivity index (χ0v) is 15.6. The lowest BCUT2D eigenvalue weighted by Gasteiger charge is -2.12. The summed E-state index contributed by atoms with van der Waals surface area (Å²) in [5.41, 5.74) is 3.03. The summed E-state index contributed by atoms with van der Waals surface area (Å²) in [7, 11) is 1.54. The van der Waals surface area contributed by atoms with Crippen molar-refractivity contribution in [2.75, 3.05) is 17.7 Å². The van der Waals surface area contributed by atoms with Crippen molar-refractivity contribution in [1.29, 1.82) is 0 Å². The number of thiazole rings is 1. The van der Waals surface area contributed by atoms with Crippen LogP contribution in [0.1, 0.15) is 17.5 Å². The molecule has 0 aliphatic heterocycles. The Kier molecular flexibility index (Phi) is 5.06. The molecule has 6 nitrogen and oxygen atoms in total. The highest BCUT2D eigenvalue weighted by Gasteiger charge is 2.14. The fraction of sp³-hybridized carbons (Fsp3) is 0.235. The van der Waals surface area contributed by atoms with E-state index in [0.717, 1.165) is 27.3 Å². The number of benzene rings is 1. The number of amides is 2. The Morgan fingerprint density at radius 2 is 2.16 bits per heavy atom. The van der Waals surface area contributed by atoms with Gasteiger partial charge in [-0.15, -0.1) is 0 Å². The van der Waals surface area contributed by atoms with Crippen LogP contribution in [0.2, 0.25) is 5.02 Å². The number of carbonyl (C=O) groups is 1. The number of hydrogen-bond donors (Lipinski definition) is 2. The van der Waals surface area contributed by atoms with Gasteiger partial charge in [0.05, 0.1) is 29.0 Å². The predicted molar refractivity (Wildman–Crippen MR) is 102 cm³/mol. The number of aryl methyl sites for hydroxylation is 2. The van der Waals surface area contributed by atoms with Gasteiger partial charge in [-0.2, -0.15) is 0 Å². The van der Waals surface area contributed by atoms with Crippen LogP contribution in [0.15, 0.2) is 24.4 Å². The second-order valence-electron chi connectivity index (χ2n) is 5.32. The number of ether oxygens (including phenoxy) is 1. The Hall–Kier alpha value is -2.38. The Morgan fingerprint density at radius 1 is 1.36 bits per heavy atom. The molecule has 0 bridgehead atoms. The molecule has 2 N–H and O–H groups in total. The number of nitrogens with zero attached hydrogens (tertiary/aromatic N) is 2. The number of aromatic nitrogens is 2. The third-order valence-corrected chi connectivity index (χ3v) is 4.82. The fourth-order valence-corrected chi connectivity index (χ4v) is 3.57. The molecule has 0 aliphatic rings. The Labute approximate surface area is 154 Å². The number of halogens is 1. The maximum atomic E-state index is 12.3. The largest absolute Gasteiger partial charge is 0.495 e. The van der Waals surface area contributed by atoms with Gasteiger partial charge in [0.15, 0.2) is 0 Å². The van der Waals surface area contributed by atoms with Crippen molar-refractivity contribution in [2.45, 2.75) is 20.3 Å². The molecule has 3 aromatic rings. The molecule has 0 atom stereocenters. The van der Waals surface area contributed by atoms with Gasteiger partial charge in [-0.25, -0.2) is 14.8 Å². The Bertz CT molecular complexity index is 942. The predicted octanol–water partition coefficient (Wildman–Crippen LogP) is 4.87. The van der Waals surface area contributed by atoms with Crippen molar-refractivity contribution in [1.82, 2.24) is 9.97 Å². The highest BCUT2D eigenvalue weighted by Crippen LogP contribution is 2.29. The van der Waals surface area contributed by atoms with E-state index in [-0.39, 0.29) is 6.03 Å².